The van der Waals surface area contributed by atoms with E-state index in [1.807, 2.05) is 38.1 Å². The molecule has 0 aliphatic heterocycles. The van der Waals surface area contributed by atoms with Crippen LogP contribution in [-0.2, 0) is 0 Å². The molecule has 2 rings (SSSR count). The van der Waals surface area contributed by atoms with Crippen molar-refractivity contribution in [3.8, 4) is 0 Å². The fourth-order valence-corrected chi connectivity index (χ4v) is 1.54. The van der Waals surface area contributed by atoms with E-state index in [0.717, 1.165) is 11.1 Å². The summed E-state index contributed by atoms with van der Waals surface area (Å²) in [5.41, 5.74) is 10.0. The SMILES string of the molecule is CC(C)[C@@H](N=[N+]=[N-])c1nc2ccccc2o1. The van der Waals surface area contributed by atoms with Gasteiger partial charge in [-0.05, 0) is 23.6 Å². The Morgan fingerprint density at radius 3 is 2.75 bits per heavy atom. The summed E-state index contributed by atoms with van der Waals surface area (Å²) in [6.07, 6.45) is 0. The third-order valence-corrected chi connectivity index (χ3v) is 2.37. The van der Waals surface area contributed by atoms with Crippen molar-refractivity contribution in [2.24, 2.45) is 11.0 Å². The molecule has 0 fully saturated rings. The van der Waals surface area contributed by atoms with Gasteiger partial charge in [0.2, 0.25) is 5.89 Å². The first kappa shape index (κ1) is 10.5. The quantitative estimate of drug-likeness (QED) is 0.444. The molecule has 0 bridgehead atoms. The summed E-state index contributed by atoms with van der Waals surface area (Å²) in [6.45, 7) is 3.93. The molecule has 0 spiro atoms. The van der Waals surface area contributed by atoms with Crippen molar-refractivity contribution in [2.45, 2.75) is 19.9 Å². The maximum Gasteiger partial charge on any atom is 0.204 e. The van der Waals surface area contributed by atoms with E-state index >= 15 is 0 Å². The van der Waals surface area contributed by atoms with Gasteiger partial charge in [-0.2, -0.15) is 0 Å². The van der Waals surface area contributed by atoms with Crippen LogP contribution >= 0.6 is 0 Å². The molecular weight excluding hydrogens is 204 g/mol. The van der Waals surface area contributed by atoms with Crippen LogP contribution in [0.3, 0.4) is 0 Å². The van der Waals surface area contributed by atoms with Gasteiger partial charge >= 0.3 is 0 Å². The molecule has 0 aliphatic carbocycles. The molecule has 1 aromatic heterocycles. The van der Waals surface area contributed by atoms with Crippen molar-refractivity contribution in [2.75, 3.05) is 0 Å². The standard InChI is InChI=1S/C11H12N4O/c1-7(2)10(14-15-12)11-13-8-5-3-4-6-9(8)16-11/h3-7,10H,1-2H3/t10-/m1/s1. The Labute approximate surface area is 92.7 Å². The number of hydrogen-bond donors (Lipinski definition) is 0. The van der Waals surface area contributed by atoms with Crippen LogP contribution in [0.5, 0.6) is 0 Å². The number of fused-ring (bicyclic) bond motifs is 1. The third-order valence-electron chi connectivity index (χ3n) is 2.37. The molecule has 1 heterocycles. The largest absolute Gasteiger partial charge is 0.440 e. The fourth-order valence-electron chi connectivity index (χ4n) is 1.54. The van der Waals surface area contributed by atoms with Gasteiger partial charge in [0, 0.05) is 4.91 Å². The number of nitrogens with zero attached hydrogens (tertiary/aromatic N) is 4. The summed E-state index contributed by atoms with van der Waals surface area (Å²) < 4.78 is 5.57. The molecule has 1 aromatic carbocycles. The molecule has 1 atom stereocenters. The molecule has 0 N–H and O–H groups in total. The molecule has 0 saturated carbocycles. The molecule has 5 nitrogen and oxygen atoms in total. The van der Waals surface area contributed by atoms with Crippen LogP contribution in [0.15, 0.2) is 33.8 Å². The van der Waals surface area contributed by atoms with Gasteiger partial charge < -0.3 is 4.42 Å². The highest BCUT2D eigenvalue weighted by molar-refractivity contribution is 5.72. The van der Waals surface area contributed by atoms with Crippen LogP contribution in [0.2, 0.25) is 0 Å². The number of para-hydroxylation sites is 2. The molecule has 0 saturated heterocycles. The Hall–Kier alpha value is -2.00. The van der Waals surface area contributed by atoms with Crippen molar-refractivity contribution >= 4 is 11.1 Å². The van der Waals surface area contributed by atoms with E-state index in [9.17, 15) is 0 Å². The molecule has 0 amide bonds. The van der Waals surface area contributed by atoms with E-state index < -0.39 is 0 Å². The molecule has 82 valence electrons. The second-order valence-electron chi connectivity index (χ2n) is 3.91. The smallest absolute Gasteiger partial charge is 0.204 e. The number of rotatable bonds is 3. The van der Waals surface area contributed by atoms with Crippen LogP contribution in [0.1, 0.15) is 25.8 Å². The van der Waals surface area contributed by atoms with Crippen molar-refractivity contribution in [1.29, 1.82) is 0 Å². The second kappa shape index (κ2) is 4.24. The van der Waals surface area contributed by atoms with Gasteiger partial charge in [-0.1, -0.05) is 31.1 Å². The topological polar surface area (TPSA) is 74.8 Å². The first-order valence-electron chi connectivity index (χ1n) is 5.12. The zero-order valence-corrected chi connectivity index (χ0v) is 9.16. The van der Waals surface area contributed by atoms with E-state index in [4.69, 9.17) is 9.95 Å². The van der Waals surface area contributed by atoms with Gasteiger partial charge in [0.15, 0.2) is 5.58 Å². The van der Waals surface area contributed by atoms with Gasteiger partial charge in [0.05, 0.1) is 0 Å². The zero-order chi connectivity index (χ0) is 11.5. The summed E-state index contributed by atoms with van der Waals surface area (Å²) in [4.78, 5) is 7.15. The monoisotopic (exact) mass is 216 g/mol. The predicted molar refractivity (Wildman–Crippen MR) is 60.7 cm³/mol. The average molecular weight is 216 g/mol. The number of oxazole rings is 1. The summed E-state index contributed by atoms with van der Waals surface area (Å²) >= 11 is 0. The highest BCUT2D eigenvalue weighted by atomic mass is 16.3. The highest BCUT2D eigenvalue weighted by Gasteiger charge is 2.20. The van der Waals surface area contributed by atoms with E-state index in [-0.39, 0.29) is 12.0 Å². The fraction of sp³-hybridized carbons (Fsp3) is 0.364. The first-order valence-corrected chi connectivity index (χ1v) is 5.12. The van der Waals surface area contributed by atoms with Gasteiger partial charge in [0.25, 0.3) is 0 Å². The molecule has 0 unspecified atom stereocenters. The first-order chi connectivity index (χ1) is 7.72. The maximum absolute atomic E-state index is 8.51. The van der Waals surface area contributed by atoms with Crippen molar-refractivity contribution in [3.63, 3.8) is 0 Å². The number of aromatic nitrogens is 1. The van der Waals surface area contributed by atoms with Crippen LogP contribution in [0.25, 0.3) is 21.5 Å². The van der Waals surface area contributed by atoms with Crippen molar-refractivity contribution in [1.82, 2.24) is 4.98 Å². The van der Waals surface area contributed by atoms with Gasteiger partial charge in [-0.3, -0.25) is 0 Å². The van der Waals surface area contributed by atoms with Gasteiger partial charge in [0.1, 0.15) is 11.6 Å². The molecule has 5 heteroatoms. The maximum atomic E-state index is 8.51. The predicted octanol–water partition coefficient (Wildman–Crippen LogP) is 3.84. The number of hydrogen-bond acceptors (Lipinski definition) is 3. The molecular formula is C11H12N4O. The zero-order valence-electron chi connectivity index (χ0n) is 9.16. The van der Waals surface area contributed by atoms with E-state index in [0.29, 0.717) is 5.89 Å². The van der Waals surface area contributed by atoms with E-state index in [1.165, 1.54) is 0 Å². The lowest BCUT2D eigenvalue weighted by Gasteiger charge is -2.09. The minimum absolute atomic E-state index is 0.156. The van der Waals surface area contributed by atoms with Crippen molar-refractivity contribution < 1.29 is 4.42 Å². The van der Waals surface area contributed by atoms with Crippen LogP contribution in [0.4, 0.5) is 0 Å². The minimum atomic E-state index is -0.350. The summed E-state index contributed by atoms with van der Waals surface area (Å²) in [5.74, 6) is 0.637. The van der Waals surface area contributed by atoms with Gasteiger partial charge in [-0.25, -0.2) is 4.98 Å². The van der Waals surface area contributed by atoms with Gasteiger partial charge in [-0.15, -0.1) is 0 Å². The van der Waals surface area contributed by atoms with Crippen LogP contribution in [0, 0.1) is 5.92 Å². The Bertz CT molecular complexity index is 507. The molecule has 2 aromatic rings. The Kier molecular flexibility index (Phi) is 2.79. The number of azide groups is 1. The van der Waals surface area contributed by atoms with Crippen LogP contribution in [-0.4, -0.2) is 4.98 Å². The second-order valence-corrected chi connectivity index (χ2v) is 3.91. The third kappa shape index (κ3) is 1.85. The number of benzene rings is 1. The summed E-state index contributed by atoms with van der Waals surface area (Å²) in [7, 11) is 0. The van der Waals surface area contributed by atoms with E-state index in [1.54, 1.807) is 0 Å². The highest BCUT2D eigenvalue weighted by Crippen LogP contribution is 2.28. The van der Waals surface area contributed by atoms with E-state index in [2.05, 4.69) is 15.0 Å². The lowest BCUT2D eigenvalue weighted by atomic mass is 10.1. The Morgan fingerprint density at radius 1 is 1.38 bits per heavy atom. The molecule has 0 radical (unpaired) electrons. The Balaban J connectivity index is 2.48. The van der Waals surface area contributed by atoms with Crippen molar-refractivity contribution in [3.05, 3.63) is 40.6 Å². The van der Waals surface area contributed by atoms with Crippen LogP contribution < -0.4 is 0 Å². The molecule has 16 heavy (non-hydrogen) atoms. The molecule has 0 aliphatic rings. The normalized spacial score (nSPS) is 12.7. The summed E-state index contributed by atoms with van der Waals surface area (Å²) in [6, 6.07) is 7.15. The lowest BCUT2D eigenvalue weighted by Crippen LogP contribution is -2.03. The minimum Gasteiger partial charge on any atom is -0.440 e. The lowest BCUT2D eigenvalue weighted by molar-refractivity contribution is 0.402. The Morgan fingerprint density at radius 2 is 2.12 bits per heavy atom. The average Bonchev–Trinajstić information content (AvgIpc) is 2.68. The summed E-state index contributed by atoms with van der Waals surface area (Å²) in [5, 5.41) is 3.71.